The van der Waals surface area contributed by atoms with E-state index in [1.54, 1.807) is 6.26 Å². The van der Waals surface area contributed by atoms with Crippen molar-refractivity contribution in [2.45, 2.75) is 24.9 Å². The van der Waals surface area contributed by atoms with Crippen LogP contribution in [0.2, 0.25) is 0 Å². The van der Waals surface area contributed by atoms with Crippen LogP contribution in [0.1, 0.15) is 35.4 Å². The summed E-state index contributed by atoms with van der Waals surface area (Å²) in [6.07, 6.45) is 4.12. The van der Waals surface area contributed by atoms with Crippen molar-refractivity contribution < 1.29 is 4.42 Å². The molecular weight excluding hydrogens is 248 g/mol. The van der Waals surface area contributed by atoms with Crippen LogP contribution in [0.5, 0.6) is 0 Å². The highest BCUT2D eigenvalue weighted by molar-refractivity contribution is 5.34. The fourth-order valence-corrected chi connectivity index (χ4v) is 3.04. The van der Waals surface area contributed by atoms with E-state index < -0.39 is 0 Å². The molecule has 1 N–H and O–H groups in total. The Morgan fingerprint density at radius 3 is 2.85 bits per heavy atom. The first-order valence-electron chi connectivity index (χ1n) is 7.26. The lowest BCUT2D eigenvalue weighted by atomic mass is 10.1. The van der Waals surface area contributed by atoms with Crippen LogP contribution in [0.25, 0.3) is 0 Å². The van der Waals surface area contributed by atoms with Crippen LogP contribution in [-0.4, -0.2) is 25.5 Å². The monoisotopic (exact) mass is 270 g/mol. The van der Waals surface area contributed by atoms with Gasteiger partial charge in [0.2, 0.25) is 0 Å². The van der Waals surface area contributed by atoms with Gasteiger partial charge in [-0.2, -0.15) is 0 Å². The van der Waals surface area contributed by atoms with Crippen LogP contribution in [0, 0.1) is 0 Å². The molecule has 0 radical (unpaired) electrons. The average Bonchev–Trinajstić information content (AvgIpc) is 3.09. The van der Waals surface area contributed by atoms with Crippen molar-refractivity contribution in [3.8, 4) is 0 Å². The highest BCUT2D eigenvalue weighted by Crippen LogP contribution is 2.31. The highest BCUT2D eigenvalue weighted by Gasteiger charge is 2.24. The lowest BCUT2D eigenvalue weighted by Gasteiger charge is -2.25. The minimum Gasteiger partial charge on any atom is -0.468 e. The second kappa shape index (κ2) is 5.81. The molecule has 0 saturated carbocycles. The summed E-state index contributed by atoms with van der Waals surface area (Å²) in [6, 6.07) is 13.5. The fourth-order valence-electron chi connectivity index (χ4n) is 3.04. The highest BCUT2D eigenvalue weighted by atomic mass is 16.3. The first-order valence-corrected chi connectivity index (χ1v) is 7.26. The van der Waals surface area contributed by atoms with Gasteiger partial charge in [0, 0.05) is 12.6 Å². The Labute approximate surface area is 120 Å². The van der Waals surface area contributed by atoms with Crippen LogP contribution in [-0.2, 0) is 6.42 Å². The molecule has 1 aromatic heterocycles. The van der Waals surface area contributed by atoms with Crippen molar-refractivity contribution >= 4 is 0 Å². The number of aryl methyl sites for hydroxylation is 1. The van der Waals surface area contributed by atoms with E-state index in [9.17, 15) is 0 Å². The van der Waals surface area contributed by atoms with Crippen molar-refractivity contribution in [2.75, 3.05) is 20.6 Å². The normalized spacial score (nSPS) is 19.2. The first-order chi connectivity index (χ1) is 9.75. The van der Waals surface area contributed by atoms with Crippen molar-refractivity contribution in [3.63, 3.8) is 0 Å². The van der Waals surface area contributed by atoms with Crippen molar-refractivity contribution in [1.82, 2.24) is 10.2 Å². The van der Waals surface area contributed by atoms with Gasteiger partial charge >= 0.3 is 0 Å². The molecule has 20 heavy (non-hydrogen) atoms. The van der Waals surface area contributed by atoms with E-state index >= 15 is 0 Å². The lowest BCUT2D eigenvalue weighted by molar-refractivity contribution is 0.243. The summed E-state index contributed by atoms with van der Waals surface area (Å²) >= 11 is 0. The second-order valence-electron chi connectivity index (χ2n) is 5.69. The van der Waals surface area contributed by atoms with Crippen LogP contribution >= 0.6 is 0 Å². The van der Waals surface area contributed by atoms with E-state index in [0.29, 0.717) is 6.04 Å². The maximum atomic E-state index is 5.56. The Morgan fingerprint density at radius 1 is 1.25 bits per heavy atom. The van der Waals surface area contributed by atoms with Crippen molar-refractivity contribution in [2.24, 2.45) is 0 Å². The number of nitrogens with zero attached hydrogens (tertiary/aromatic N) is 1. The van der Waals surface area contributed by atoms with E-state index in [1.807, 2.05) is 6.07 Å². The molecule has 1 aromatic carbocycles. The third-order valence-electron chi connectivity index (χ3n) is 4.19. The van der Waals surface area contributed by atoms with Crippen LogP contribution in [0.3, 0.4) is 0 Å². The van der Waals surface area contributed by atoms with Crippen LogP contribution in [0.4, 0.5) is 0 Å². The van der Waals surface area contributed by atoms with E-state index in [1.165, 1.54) is 24.0 Å². The SMILES string of the molecule is CN(C)C(CNC1CCc2ccccc21)c1ccco1. The topological polar surface area (TPSA) is 28.4 Å². The molecule has 0 spiro atoms. The van der Waals surface area contributed by atoms with Crippen molar-refractivity contribution in [3.05, 3.63) is 59.5 Å². The number of likely N-dealkylation sites (N-methyl/N-ethyl adjacent to an activating group) is 1. The smallest absolute Gasteiger partial charge is 0.122 e. The molecule has 3 nitrogen and oxygen atoms in total. The Balaban J connectivity index is 1.67. The third-order valence-corrected chi connectivity index (χ3v) is 4.19. The van der Waals surface area contributed by atoms with Crippen LogP contribution < -0.4 is 5.32 Å². The summed E-state index contributed by atoms with van der Waals surface area (Å²) in [5.41, 5.74) is 2.95. The van der Waals surface area contributed by atoms with Crippen molar-refractivity contribution in [1.29, 1.82) is 0 Å². The van der Waals surface area contributed by atoms with Gasteiger partial charge in [0.05, 0.1) is 12.3 Å². The third kappa shape index (κ3) is 2.65. The Hall–Kier alpha value is -1.58. The molecular formula is C17H22N2O. The second-order valence-corrected chi connectivity index (χ2v) is 5.69. The van der Waals surface area contributed by atoms with Gasteiger partial charge in [-0.05, 0) is 50.2 Å². The number of hydrogen-bond donors (Lipinski definition) is 1. The maximum Gasteiger partial charge on any atom is 0.122 e. The molecule has 2 atom stereocenters. The van der Waals surface area contributed by atoms with Gasteiger partial charge < -0.3 is 9.73 Å². The van der Waals surface area contributed by atoms with Gasteiger partial charge in [-0.1, -0.05) is 24.3 Å². The van der Waals surface area contributed by atoms with E-state index in [2.05, 4.69) is 54.6 Å². The number of rotatable bonds is 5. The molecule has 0 amide bonds. The zero-order valence-electron chi connectivity index (χ0n) is 12.2. The van der Waals surface area contributed by atoms with E-state index in [-0.39, 0.29) is 6.04 Å². The fraction of sp³-hybridized carbons (Fsp3) is 0.412. The minimum absolute atomic E-state index is 0.276. The molecule has 0 bridgehead atoms. The largest absolute Gasteiger partial charge is 0.468 e. The van der Waals surface area contributed by atoms with E-state index in [0.717, 1.165) is 12.3 Å². The molecule has 0 aliphatic heterocycles. The molecule has 1 aliphatic carbocycles. The number of hydrogen-bond acceptors (Lipinski definition) is 3. The molecule has 106 valence electrons. The predicted octanol–water partition coefficient (Wildman–Crippen LogP) is 3.16. The molecule has 3 rings (SSSR count). The van der Waals surface area contributed by atoms with Gasteiger partial charge in [0.25, 0.3) is 0 Å². The molecule has 2 aromatic rings. The summed E-state index contributed by atoms with van der Waals surface area (Å²) in [7, 11) is 4.19. The first kappa shape index (κ1) is 13.4. The molecule has 1 aliphatic rings. The number of fused-ring (bicyclic) bond motifs is 1. The predicted molar refractivity (Wildman–Crippen MR) is 80.6 cm³/mol. The van der Waals surface area contributed by atoms with Crippen LogP contribution in [0.15, 0.2) is 47.1 Å². The quantitative estimate of drug-likeness (QED) is 0.904. The minimum atomic E-state index is 0.276. The van der Waals surface area contributed by atoms with Gasteiger partial charge in [0.15, 0.2) is 0 Å². The summed E-state index contributed by atoms with van der Waals surface area (Å²) in [6.45, 7) is 0.902. The number of furan rings is 1. The number of benzene rings is 1. The zero-order chi connectivity index (χ0) is 13.9. The summed E-state index contributed by atoms with van der Waals surface area (Å²) in [5, 5.41) is 3.71. The average molecular weight is 270 g/mol. The maximum absolute atomic E-state index is 5.56. The summed E-state index contributed by atoms with van der Waals surface area (Å²) in [5.74, 6) is 1.02. The molecule has 0 saturated heterocycles. The zero-order valence-corrected chi connectivity index (χ0v) is 12.2. The molecule has 3 heteroatoms. The molecule has 1 heterocycles. The molecule has 0 fully saturated rings. The van der Waals surface area contributed by atoms with Gasteiger partial charge in [-0.25, -0.2) is 0 Å². The Kier molecular flexibility index (Phi) is 3.90. The Bertz CT molecular complexity index is 548. The van der Waals surface area contributed by atoms with E-state index in [4.69, 9.17) is 4.42 Å². The summed E-state index contributed by atoms with van der Waals surface area (Å²) < 4.78 is 5.56. The standard InChI is InChI=1S/C17H22N2O/c1-19(2)16(17-8-5-11-20-17)12-18-15-10-9-13-6-3-4-7-14(13)15/h3-8,11,15-16,18H,9-10,12H2,1-2H3. The van der Waals surface area contributed by atoms with Gasteiger partial charge in [-0.3, -0.25) is 4.90 Å². The summed E-state index contributed by atoms with van der Waals surface area (Å²) in [4.78, 5) is 2.20. The lowest BCUT2D eigenvalue weighted by Crippen LogP contribution is -2.32. The molecule has 2 unspecified atom stereocenters. The van der Waals surface area contributed by atoms with Gasteiger partial charge in [-0.15, -0.1) is 0 Å². The van der Waals surface area contributed by atoms with Gasteiger partial charge in [0.1, 0.15) is 5.76 Å². The Morgan fingerprint density at radius 2 is 2.10 bits per heavy atom. The number of nitrogens with one attached hydrogen (secondary N) is 1.